The van der Waals surface area contributed by atoms with E-state index < -0.39 is 11.9 Å². The Labute approximate surface area is 131 Å². The number of hydrogen-bond acceptors (Lipinski definition) is 4. The number of rotatable bonds is 5. The SMILES string of the molecule is CCC(C#N)(Nc1cccc(OC(F)(F)F)c1)c1cccnc1. The number of anilines is 1. The maximum absolute atomic E-state index is 12.3. The monoisotopic (exact) mass is 321 g/mol. The molecule has 0 spiro atoms. The highest BCUT2D eigenvalue weighted by molar-refractivity contribution is 5.53. The van der Waals surface area contributed by atoms with Crippen molar-refractivity contribution in [3.63, 3.8) is 0 Å². The van der Waals surface area contributed by atoms with Gasteiger partial charge in [-0.3, -0.25) is 4.98 Å². The summed E-state index contributed by atoms with van der Waals surface area (Å²) in [4.78, 5) is 3.99. The van der Waals surface area contributed by atoms with Crippen molar-refractivity contribution in [2.45, 2.75) is 25.2 Å². The molecule has 4 nitrogen and oxygen atoms in total. The molecule has 23 heavy (non-hydrogen) atoms. The van der Waals surface area contributed by atoms with Crippen LogP contribution in [0.3, 0.4) is 0 Å². The summed E-state index contributed by atoms with van der Waals surface area (Å²) in [6, 6.07) is 11.0. The molecule has 0 fully saturated rings. The van der Waals surface area contributed by atoms with Crippen LogP contribution >= 0.6 is 0 Å². The van der Waals surface area contributed by atoms with Crippen molar-refractivity contribution in [2.24, 2.45) is 0 Å². The average molecular weight is 321 g/mol. The van der Waals surface area contributed by atoms with Crippen molar-refractivity contribution >= 4 is 5.69 Å². The molecule has 2 aromatic rings. The van der Waals surface area contributed by atoms with Gasteiger partial charge in [0, 0.05) is 29.7 Å². The Morgan fingerprint density at radius 3 is 2.61 bits per heavy atom. The maximum atomic E-state index is 12.3. The van der Waals surface area contributed by atoms with Crippen LogP contribution in [0.2, 0.25) is 0 Å². The van der Waals surface area contributed by atoms with Crippen molar-refractivity contribution < 1.29 is 17.9 Å². The second-order valence-electron chi connectivity index (χ2n) is 4.81. The molecule has 7 heteroatoms. The standard InChI is InChI=1S/C16H14F3N3O/c1-2-15(11-20,12-5-4-8-21-10-12)22-13-6-3-7-14(9-13)23-16(17,18)19/h3-10,22H,2H2,1H3. The number of hydrogen-bond donors (Lipinski definition) is 1. The van der Waals surface area contributed by atoms with E-state index in [0.29, 0.717) is 17.7 Å². The van der Waals surface area contributed by atoms with Gasteiger partial charge in [0.05, 0.1) is 6.07 Å². The first kappa shape index (κ1) is 16.6. The van der Waals surface area contributed by atoms with E-state index in [1.54, 1.807) is 37.5 Å². The van der Waals surface area contributed by atoms with Gasteiger partial charge in [0.2, 0.25) is 0 Å². The number of benzene rings is 1. The third-order valence-corrected chi connectivity index (χ3v) is 3.30. The van der Waals surface area contributed by atoms with E-state index in [4.69, 9.17) is 0 Å². The van der Waals surface area contributed by atoms with E-state index >= 15 is 0 Å². The first-order valence-electron chi connectivity index (χ1n) is 6.84. The molecule has 0 radical (unpaired) electrons. The fourth-order valence-electron chi connectivity index (χ4n) is 2.17. The van der Waals surface area contributed by atoms with Gasteiger partial charge in [0.25, 0.3) is 0 Å². The van der Waals surface area contributed by atoms with Crippen molar-refractivity contribution in [2.75, 3.05) is 5.32 Å². The van der Waals surface area contributed by atoms with Gasteiger partial charge in [-0.25, -0.2) is 0 Å². The molecule has 0 aliphatic carbocycles. The number of alkyl halides is 3. The first-order valence-corrected chi connectivity index (χ1v) is 6.84. The van der Waals surface area contributed by atoms with Gasteiger partial charge in [-0.2, -0.15) is 5.26 Å². The van der Waals surface area contributed by atoms with E-state index in [-0.39, 0.29) is 5.75 Å². The summed E-state index contributed by atoms with van der Waals surface area (Å²) in [5.74, 6) is -0.350. The Morgan fingerprint density at radius 2 is 2.04 bits per heavy atom. The minimum atomic E-state index is -4.76. The molecule has 1 aromatic carbocycles. The molecule has 0 amide bonds. The third kappa shape index (κ3) is 4.13. The lowest BCUT2D eigenvalue weighted by Crippen LogP contribution is -2.33. The number of halogens is 3. The summed E-state index contributed by atoms with van der Waals surface area (Å²) in [6.45, 7) is 1.80. The molecule has 1 unspecified atom stereocenters. The zero-order valence-corrected chi connectivity index (χ0v) is 12.3. The van der Waals surface area contributed by atoms with Crippen molar-refractivity contribution in [1.29, 1.82) is 5.26 Å². The molecule has 1 aromatic heterocycles. The van der Waals surface area contributed by atoms with Crippen LogP contribution in [0, 0.1) is 11.3 Å². The lowest BCUT2D eigenvalue weighted by atomic mass is 9.89. The summed E-state index contributed by atoms with van der Waals surface area (Å²) in [6.07, 6.45) is -1.23. The lowest BCUT2D eigenvalue weighted by molar-refractivity contribution is -0.274. The molecule has 120 valence electrons. The smallest absolute Gasteiger partial charge is 0.406 e. The van der Waals surface area contributed by atoms with Gasteiger partial charge in [-0.15, -0.1) is 13.2 Å². The molecule has 2 rings (SSSR count). The van der Waals surface area contributed by atoms with E-state index in [1.165, 1.54) is 18.2 Å². The Morgan fingerprint density at radius 1 is 1.26 bits per heavy atom. The normalized spacial score (nSPS) is 13.7. The molecular formula is C16H14F3N3O. The number of pyridine rings is 1. The van der Waals surface area contributed by atoms with Gasteiger partial charge < -0.3 is 10.1 Å². The van der Waals surface area contributed by atoms with Gasteiger partial charge in [-0.05, 0) is 24.6 Å². The molecular weight excluding hydrogens is 307 g/mol. The second kappa shape index (κ2) is 6.57. The van der Waals surface area contributed by atoms with Crippen LogP contribution in [0.25, 0.3) is 0 Å². The summed E-state index contributed by atoms with van der Waals surface area (Å²) < 4.78 is 40.8. The van der Waals surface area contributed by atoms with Gasteiger partial charge in [0.15, 0.2) is 5.54 Å². The maximum Gasteiger partial charge on any atom is 0.573 e. The Hall–Kier alpha value is -2.75. The zero-order valence-electron chi connectivity index (χ0n) is 12.3. The molecule has 0 aliphatic heterocycles. The highest BCUT2D eigenvalue weighted by Crippen LogP contribution is 2.31. The average Bonchev–Trinajstić information content (AvgIpc) is 2.52. The molecule has 1 heterocycles. The summed E-state index contributed by atoms with van der Waals surface area (Å²) in [5, 5.41) is 12.6. The quantitative estimate of drug-likeness (QED) is 0.896. The molecule has 0 bridgehead atoms. The Balaban J connectivity index is 2.32. The Bertz CT molecular complexity index is 698. The Kier molecular flexibility index (Phi) is 4.74. The highest BCUT2D eigenvalue weighted by Gasteiger charge is 2.32. The fraction of sp³-hybridized carbons (Fsp3) is 0.250. The summed E-state index contributed by atoms with van der Waals surface area (Å²) in [5.41, 5.74) is -0.114. The van der Waals surface area contributed by atoms with Crippen LogP contribution in [0.15, 0.2) is 48.8 Å². The highest BCUT2D eigenvalue weighted by atomic mass is 19.4. The van der Waals surface area contributed by atoms with E-state index in [0.717, 1.165) is 0 Å². The number of ether oxygens (including phenoxy) is 1. The van der Waals surface area contributed by atoms with Crippen LogP contribution < -0.4 is 10.1 Å². The minimum Gasteiger partial charge on any atom is -0.406 e. The van der Waals surface area contributed by atoms with Crippen molar-refractivity contribution in [1.82, 2.24) is 4.98 Å². The number of nitrogens with zero attached hydrogens (tertiary/aromatic N) is 2. The van der Waals surface area contributed by atoms with E-state index in [1.807, 2.05) is 0 Å². The van der Waals surface area contributed by atoms with Crippen molar-refractivity contribution in [3.8, 4) is 11.8 Å². The van der Waals surface area contributed by atoms with Gasteiger partial charge in [0.1, 0.15) is 5.75 Å². The molecule has 1 atom stereocenters. The number of nitriles is 1. The molecule has 1 N–H and O–H groups in total. The van der Waals surface area contributed by atoms with E-state index in [9.17, 15) is 18.4 Å². The van der Waals surface area contributed by atoms with Crippen LogP contribution in [0.1, 0.15) is 18.9 Å². The van der Waals surface area contributed by atoms with Crippen LogP contribution in [0.5, 0.6) is 5.75 Å². The van der Waals surface area contributed by atoms with Crippen LogP contribution in [-0.4, -0.2) is 11.3 Å². The molecule has 0 saturated heterocycles. The van der Waals surface area contributed by atoms with Crippen LogP contribution in [-0.2, 0) is 5.54 Å². The summed E-state index contributed by atoms with van der Waals surface area (Å²) in [7, 11) is 0. The fourth-order valence-corrected chi connectivity index (χ4v) is 2.17. The topological polar surface area (TPSA) is 57.9 Å². The predicted molar refractivity (Wildman–Crippen MR) is 78.6 cm³/mol. The van der Waals surface area contributed by atoms with Gasteiger partial charge in [-0.1, -0.05) is 19.1 Å². The van der Waals surface area contributed by atoms with Crippen molar-refractivity contribution in [3.05, 3.63) is 54.4 Å². The first-order chi connectivity index (χ1) is 10.9. The number of aromatic nitrogens is 1. The lowest BCUT2D eigenvalue weighted by Gasteiger charge is -2.28. The number of nitrogens with one attached hydrogen (secondary N) is 1. The summed E-state index contributed by atoms with van der Waals surface area (Å²) >= 11 is 0. The van der Waals surface area contributed by atoms with E-state index in [2.05, 4.69) is 21.1 Å². The largest absolute Gasteiger partial charge is 0.573 e. The van der Waals surface area contributed by atoms with Crippen LogP contribution in [0.4, 0.5) is 18.9 Å². The molecule has 0 saturated carbocycles. The van der Waals surface area contributed by atoms with Gasteiger partial charge >= 0.3 is 6.36 Å². The second-order valence-corrected chi connectivity index (χ2v) is 4.81. The molecule has 0 aliphatic rings. The third-order valence-electron chi connectivity index (χ3n) is 3.30. The minimum absolute atomic E-state index is 0.346. The zero-order chi connectivity index (χ0) is 16.9. The predicted octanol–water partition coefficient (Wildman–Crippen LogP) is 4.22.